The molecule has 8 heteroatoms. The highest BCUT2D eigenvalue weighted by Crippen LogP contribution is 2.24. The Labute approximate surface area is 119 Å². The number of hydrogen-bond donors (Lipinski definition) is 3. The van der Waals surface area contributed by atoms with Crippen molar-refractivity contribution in [2.45, 2.75) is 12.8 Å². The minimum absolute atomic E-state index is 0.0619. The van der Waals surface area contributed by atoms with E-state index in [4.69, 9.17) is 10.8 Å². The molecular formula is C12H15N3O4S. The van der Waals surface area contributed by atoms with Gasteiger partial charge in [0.15, 0.2) is 0 Å². The van der Waals surface area contributed by atoms with Crippen LogP contribution in [0.25, 0.3) is 0 Å². The molecule has 0 spiro atoms. The summed E-state index contributed by atoms with van der Waals surface area (Å²) in [5.41, 5.74) is 5.32. The average molecular weight is 297 g/mol. The van der Waals surface area contributed by atoms with E-state index in [0.717, 1.165) is 11.3 Å². The molecule has 1 aliphatic rings. The van der Waals surface area contributed by atoms with Gasteiger partial charge in [-0.05, 0) is 24.3 Å². The average Bonchev–Trinajstić information content (AvgIpc) is 2.87. The summed E-state index contributed by atoms with van der Waals surface area (Å²) in [6.07, 6.45) is 1.38. The molecule has 1 fully saturated rings. The summed E-state index contributed by atoms with van der Waals surface area (Å²) < 4.78 is 0. The number of piperidine rings is 1. The molecule has 1 unspecified atom stereocenters. The second-order valence-electron chi connectivity index (χ2n) is 4.59. The highest BCUT2D eigenvalue weighted by Gasteiger charge is 2.27. The summed E-state index contributed by atoms with van der Waals surface area (Å²) in [6, 6.07) is 1.03. The minimum atomic E-state index is -1.09. The second kappa shape index (κ2) is 5.91. The fourth-order valence-electron chi connectivity index (χ4n) is 2.14. The van der Waals surface area contributed by atoms with Gasteiger partial charge in [-0.25, -0.2) is 9.59 Å². The zero-order chi connectivity index (χ0) is 14.7. The van der Waals surface area contributed by atoms with E-state index in [1.165, 1.54) is 11.0 Å². The Hall–Kier alpha value is -2.09. The quantitative estimate of drug-likeness (QED) is 0.777. The molecule has 4 N–H and O–H groups in total. The lowest BCUT2D eigenvalue weighted by molar-refractivity contribution is -0.123. The van der Waals surface area contributed by atoms with Crippen molar-refractivity contribution in [3.63, 3.8) is 0 Å². The SMILES string of the molecule is NC(=O)C1CCCN(C(=O)Nc2sccc2C(=O)O)C1. The number of rotatable bonds is 3. The number of carbonyl (C=O) groups is 3. The molecule has 108 valence electrons. The third-order valence-corrected chi connectivity index (χ3v) is 4.06. The summed E-state index contributed by atoms with van der Waals surface area (Å²) in [7, 11) is 0. The molecule has 1 atom stereocenters. The fourth-order valence-corrected chi connectivity index (χ4v) is 2.91. The first kappa shape index (κ1) is 14.3. The van der Waals surface area contributed by atoms with Crippen LogP contribution in [0.2, 0.25) is 0 Å². The predicted molar refractivity (Wildman–Crippen MR) is 73.8 cm³/mol. The zero-order valence-corrected chi connectivity index (χ0v) is 11.5. The number of hydrogen-bond acceptors (Lipinski definition) is 4. The highest BCUT2D eigenvalue weighted by molar-refractivity contribution is 7.14. The van der Waals surface area contributed by atoms with Crippen LogP contribution in [0.1, 0.15) is 23.2 Å². The molecule has 1 aliphatic heterocycles. The molecule has 0 radical (unpaired) electrons. The normalized spacial score (nSPS) is 18.6. The summed E-state index contributed by atoms with van der Waals surface area (Å²) >= 11 is 1.15. The van der Waals surface area contributed by atoms with Crippen molar-refractivity contribution in [3.8, 4) is 0 Å². The summed E-state index contributed by atoms with van der Waals surface area (Å²) in [6.45, 7) is 0.804. The summed E-state index contributed by atoms with van der Waals surface area (Å²) in [4.78, 5) is 35.7. The first-order valence-corrected chi connectivity index (χ1v) is 7.03. The molecule has 1 aromatic heterocycles. The number of nitrogens with one attached hydrogen (secondary N) is 1. The van der Waals surface area contributed by atoms with Gasteiger partial charge < -0.3 is 15.7 Å². The monoisotopic (exact) mass is 297 g/mol. The van der Waals surface area contributed by atoms with Crippen LogP contribution < -0.4 is 11.1 Å². The lowest BCUT2D eigenvalue weighted by Crippen LogP contribution is -2.45. The second-order valence-corrected chi connectivity index (χ2v) is 5.50. The van der Waals surface area contributed by atoms with Gasteiger partial charge in [0, 0.05) is 13.1 Å². The minimum Gasteiger partial charge on any atom is -0.478 e. The number of carbonyl (C=O) groups excluding carboxylic acids is 2. The van der Waals surface area contributed by atoms with Crippen molar-refractivity contribution < 1.29 is 19.5 Å². The highest BCUT2D eigenvalue weighted by atomic mass is 32.1. The number of amides is 3. The van der Waals surface area contributed by atoms with Crippen LogP contribution in [0.3, 0.4) is 0 Å². The van der Waals surface area contributed by atoms with Gasteiger partial charge in [0.25, 0.3) is 0 Å². The number of likely N-dealkylation sites (tertiary alicyclic amines) is 1. The van der Waals surface area contributed by atoms with E-state index in [1.807, 2.05) is 0 Å². The van der Waals surface area contributed by atoms with Gasteiger partial charge >= 0.3 is 12.0 Å². The van der Waals surface area contributed by atoms with E-state index >= 15 is 0 Å². The van der Waals surface area contributed by atoms with E-state index in [0.29, 0.717) is 24.4 Å². The topological polar surface area (TPSA) is 113 Å². The standard InChI is InChI=1S/C12H15N3O4S/c13-9(16)7-2-1-4-15(6-7)12(19)14-10-8(11(17)18)3-5-20-10/h3,5,7H,1-2,4,6H2,(H2,13,16)(H,14,19)(H,17,18). The van der Waals surface area contributed by atoms with Crippen molar-refractivity contribution in [2.24, 2.45) is 11.7 Å². The maximum Gasteiger partial charge on any atom is 0.338 e. The maximum absolute atomic E-state index is 12.1. The first-order valence-electron chi connectivity index (χ1n) is 6.15. The van der Waals surface area contributed by atoms with Crippen molar-refractivity contribution in [2.75, 3.05) is 18.4 Å². The Morgan fingerprint density at radius 2 is 2.20 bits per heavy atom. The van der Waals surface area contributed by atoms with Gasteiger partial charge in [-0.3, -0.25) is 10.1 Å². The van der Waals surface area contributed by atoms with Crippen molar-refractivity contribution >= 4 is 34.2 Å². The molecule has 0 bridgehead atoms. The van der Waals surface area contributed by atoms with Gasteiger partial charge in [-0.2, -0.15) is 0 Å². The van der Waals surface area contributed by atoms with Crippen LogP contribution in [0.4, 0.5) is 9.80 Å². The molecule has 20 heavy (non-hydrogen) atoms. The van der Waals surface area contributed by atoms with Gasteiger partial charge in [-0.15, -0.1) is 11.3 Å². The van der Waals surface area contributed by atoms with Crippen LogP contribution in [-0.2, 0) is 4.79 Å². The molecule has 7 nitrogen and oxygen atoms in total. The van der Waals surface area contributed by atoms with Crippen LogP contribution in [0.15, 0.2) is 11.4 Å². The Morgan fingerprint density at radius 1 is 1.45 bits per heavy atom. The number of aromatic carboxylic acids is 1. The molecule has 0 aliphatic carbocycles. The number of carboxylic acids is 1. The smallest absolute Gasteiger partial charge is 0.338 e. The van der Waals surface area contributed by atoms with Gasteiger partial charge in [0.1, 0.15) is 5.00 Å². The van der Waals surface area contributed by atoms with E-state index < -0.39 is 17.9 Å². The molecule has 3 amide bonds. The van der Waals surface area contributed by atoms with E-state index in [9.17, 15) is 14.4 Å². The fraction of sp³-hybridized carbons (Fsp3) is 0.417. The number of anilines is 1. The van der Waals surface area contributed by atoms with Crippen LogP contribution in [0.5, 0.6) is 0 Å². The first-order chi connectivity index (χ1) is 9.49. The molecule has 1 saturated heterocycles. The molecule has 0 aromatic carbocycles. The molecular weight excluding hydrogens is 282 g/mol. The van der Waals surface area contributed by atoms with E-state index in [2.05, 4.69) is 5.32 Å². The summed E-state index contributed by atoms with van der Waals surface area (Å²) in [5, 5.41) is 13.4. The Balaban J connectivity index is 2.02. The van der Waals surface area contributed by atoms with Gasteiger partial charge in [-0.1, -0.05) is 0 Å². The van der Waals surface area contributed by atoms with E-state index in [1.54, 1.807) is 5.38 Å². The molecule has 2 rings (SSSR count). The summed E-state index contributed by atoms with van der Waals surface area (Å²) in [5.74, 6) is -1.84. The van der Waals surface area contributed by atoms with Crippen molar-refractivity contribution in [1.82, 2.24) is 4.90 Å². The van der Waals surface area contributed by atoms with Gasteiger partial charge in [0.05, 0.1) is 11.5 Å². The van der Waals surface area contributed by atoms with Crippen LogP contribution in [0, 0.1) is 5.92 Å². The maximum atomic E-state index is 12.1. The zero-order valence-electron chi connectivity index (χ0n) is 10.7. The Bertz CT molecular complexity index is 543. The number of primary amides is 1. The van der Waals surface area contributed by atoms with Crippen molar-refractivity contribution in [3.05, 3.63) is 17.0 Å². The molecule has 1 aromatic rings. The Morgan fingerprint density at radius 3 is 2.85 bits per heavy atom. The Kier molecular flexibility index (Phi) is 4.23. The lowest BCUT2D eigenvalue weighted by atomic mass is 9.98. The van der Waals surface area contributed by atoms with Crippen molar-refractivity contribution in [1.29, 1.82) is 0 Å². The number of nitrogens with zero attached hydrogens (tertiary/aromatic N) is 1. The predicted octanol–water partition coefficient (Wildman–Crippen LogP) is 1.18. The van der Waals surface area contributed by atoms with Crippen LogP contribution >= 0.6 is 11.3 Å². The largest absolute Gasteiger partial charge is 0.478 e. The number of urea groups is 1. The molecule has 2 heterocycles. The van der Waals surface area contributed by atoms with Gasteiger partial charge in [0.2, 0.25) is 5.91 Å². The third kappa shape index (κ3) is 3.08. The van der Waals surface area contributed by atoms with Crippen LogP contribution in [-0.4, -0.2) is 41.0 Å². The van der Waals surface area contributed by atoms with E-state index in [-0.39, 0.29) is 18.0 Å². The molecule has 0 saturated carbocycles. The number of thiophene rings is 1. The number of carboxylic acid groups (broad SMARTS) is 1. The number of nitrogens with two attached hydrogens (primary N) is 1. The third-order valence-electron chi connectivity index (χ3n) is 3.23. The lowest BCUT2D eigenvalue weighted by Gasteiger charge is -2.31.